The Morgan fingerprint density at radius 3 is 2.33 bits per heavy atom. The van der Waals surface area contributed by atoms with Gasteiger partial charge in [-0.05, 0) is 20.3 Å². The molecule has 5 nitrogen and oxygen atoms in total. The van der Waals surface area contributed by atoms with E-state index in [1.807, 2.05) is 26.2 Å². The van der Waals surface area contributed by atoms with Crippen LogP contribution in [0.1, 0.15) is 32.9 Å². The van der Waals surface area contributed by atoms with E-state index < -0.39 is 11.9 Å². The van der Waals surface area contributed by atoms with Gasteiger partial charge >= 0.3 is 6.18 Å². The number of aromatic nitrogens is 2. The number of halogens is 3. The summed E-state index contributed by atoms with van der Waals surface area (Å²) in [6.45, 7) is 5.64. The Hall–Kier alpha value is -1.57. The molecule has 0 bridgehead atoms. The molecule has 0 spiro atoms. The van der Waals surface area contributed by atoms with Gasteiger partial charge in [-0.3, -0.25) is 5.43 Å². The summed E-state index contributed by atoms with van der Waals surface area (Å²) in [6.07, 6.45) is -3.81. The van der Waals surface area contributed by atoms with Crippen LogP contribution < -0.4 is 16.6 Å². The Balaban J connectivity index is 3.13. The minimum Gasteiger partial charge on any atom is -0.365 e. The lowest BCUT2D eigenvalue weighted by Crippen LogP contribution is -2.30. The van der Waals surface area contributed by atoms with Crippen molar-refractivity contribution in [1.82, 2.24) is 9.97 Å². The Labute approximate surface area is 103 Å². The van der Waals surface area contributed by atoms with Gasteiger partial charge in [0.25, 0.3) is 0 Å². The second-order valence-corrected chi connectivity index (χ2v) is 4.47. The van der Waals surface area contributed by atoms with Crippen LogP contribution in [0.5, 0.6) is 0 Å². The maximum atomic E-state index is 12.6. The maximum Gasteiger partial charge on any atom is 0.433 e. The molecule has 1 aromatic heterocycles. The number of alkyl halides is 3. The van der Waals surface area contributed by atoms with Gasteiger partial charge < -0.3 is 5.32 Å². The lowest BCUT2D eigenvalue weighted by atomic mass is 10.0. The molecular weight excluding hydrogens is 247 g/mol. The molecule has 102 valence electrons. The molecule has 0 amide bonds. The highest BCUT2D eigenvalue weighted by Crippen LogP contribution is 2.30. The second-order valence-electron chi connectivity index (χ2n) is 4.47. The molecule has 0 aliphatic heterocycles. The Bertz CT molecular complexity index is 416. The average Bonchev–Trinajstić information content (AvgIpc) is 2.27. The van der Waals surface area contributed by atoms with Gasteiger partial charge in [0.2, 0.25) is 5.95 Å². The molecule has 8 heteroatoms. The summed E-state index contributed by atoms with van der Waals surface area (Å²) >= 11 is 0. The summed E-state index contributed by atoms with van der Waals surface area (Å²) in [4.78, 5) is 7.11. The van der Waals surface area contributed by atoms with Crippen molar-refractivity contribution < 1.29 is 13.2 Å². The van der Waals surface area contributed by atoms with E-state index in [-0.39, 0.29) is 17.3 Å². The van der Waals surface area contributed by atoms with E-state index in [1.54, 1.807) is 0 Å². The van der Waals surface area contributed by atoms with E-state index in [1.165, 1.54) is 0 Å². The molecule has 4 N–H and O–H groups in total. The summed E-state index contributed by atoms with van der Waals surface area (Å²) in [5, 5.41) is 2.91. The quantitative estimate of drug-likeness (QED) is 0.574. The fourth-order valence-electron chi connectivity index (χ4n) is 1.16. The standard InChI is InChI=1S/C10H16F3N5/c1-4-9(2,3)17-7-5-6(10(11,12)13)15-8(16-7)18-14/h5H,4,14H2,1-3H3,(H2,15,16,17,18). The second kappa shape index (κ2) is 4.97. The van der Waals surface area contributed by atoms with Crippen LogP contribution in [0.15, 0.2) is 6.07 Å². The zero-order valence-electron chi connectivity index (χ0n) is 10.4. The van der Waals surface area contributed by atoms with Crippen LogP contribution in [0.3, 0.4) is 0 Å². The fourth-order valence-corrected chi connectivity index (χ4v) is 1.16. The fraction of sp³-hybridized carbons (Fsp3) is 0.600. The first-order valence-electron chi connectivity index (χ1n) is 5.39. The van der Waals surface area contributed by atoms with Crippen molar-refractivity contribution in [3.8, 4) is 0 Å². The molecule has 1 aromatic rings. The number of nitrogens with zero attached hydrogens (tertiary/aromatic N) is 2. The van der Waals surface area contributed by atoms with Crippen molar-refractivity contribution in [2.45, 2.75) is 38.9 Å². The molecule has 0 saturated carbocycles. The summed E-state index contributed by atoms with van der Waals surface area (Å²) in [6, 6.07) is 0.859. The van der Waals surface area contributed by atoms with Crippen LogP contribution in [-0.4, -0.2) is 15.5 Å². The molecular formula is C10H16F3N5. The van der Waals surface area contributed by atoms with E-state index in [9.17, 15) is 13.2 Å². The number of rotatable bonds is 4. The van der Waals surface area contributed by atoms with Gasteiger partial charge in [0.1, 0.15) is 5.82 Å². The first-order valence-corrected chi connectivity index (χ1v) is 5.39. The maximum absolute atomic E-state index is 12.6. The van der Waals surface area contributed by atoms with Crippen molar-refractivity contribution in [1.29, 1.82) is 0 Å². The molecule has 0 unspecified atom stereocenters. The largest absolute Gasteiger partial charge is 0.433 e. The highest BCUT2D eigenvalue weighted by Gasteiger charge is 2.34. The normalized spacial score (nSPS) is 12.4. The van der Waals surface area contributed by atoms with E-state index in [4.69, 9.17) is 5.84 Å². The SMILES string of the molecule is CCC(C)(C)Nc1cc(C(F)(F)F)nc(NN)n1. The average molecular weight is 263 g/mol. The number of anilines is 2. The molecule has 0 aliphatic carbocycles. The smallest absolute Gasteiger partial charge is 0.365 e. The summed E-state index contributed by atoms with van der Waals surface area (Å²) in [5.74, 6) is 4.86. The molecule has 18 heavy (non-hydrogen) atoms. The van der Waals surface area contributed by atoms with Crippen LogP contribution in [-0.2, 0) is 6.18 Å². The minimum atomic E-state index is -4.54. The molecule has 0 fully saturated rings. The molecule has 0 radical (unpaired) electrons. The molecule has 0 saturated heterocycles. The zero-order valence-corrected chi connectivity index (χ0v) is 10.4. The third-order valence-electron chi connectivity index (χ3n) is 2.50. The van der Waals surface area contributed by atoms with E-state index in [2.05, 4.69) is 15.3 Å². The Morgan fingerprint density at radius 1 is 1.28 bits per heavy atom. The van der Waals surface area contributed by atoms with Crippen LogP contribution in [0.4, 0.5) is 24.9 Å². The van der Waals surface area contributed by atoms with Crippen molar-refractivity contribution in [3.63, 3.8) is 0 Å². The molecule has 0 aromatic carbocycles. The van der Waals surface area contributed by atoms with Gasteiger partial charge in [-0.15, -0.1) is 0 Å². The predicted molar refractivity (Wildman–Crippen MR) is 62.8 cm³/mol. The van der Waals surface area contributed by atoms with Gasteiger partial charge in [0, 0.05) is 11.6 Å². The number of nitrogens with one attached hydrogen (secondary N) is 2. The number of nitrogens with two attached hydrogens (primary N) is 1. The number of nitrogen functional groups attached to an aromatic ring is 1. The van der Waals surface area contributed by atoms with Crippen LogP contribution >= 0.6 is 0 Å². The third-order valence-corrected chi connectivity index (χ3v) is 2.50. The van der Waals surface area contributed by atoms with Crippen LogP contribution in [0.2, 0.25) is 0 Å². The molecule has 1 heterocycles. The molecule has 1 rings (SSSR count). The highest BCUT2D eigenvalue weighted by atomic mass is 19.4. The lowest BCUT2D eigenvalue weighted by molar-refractivity contribution is -0.141. The van der Waals surface area contributed by atoms with E-state index >= 15 is 0 Å². The van der Waals surface area contributed by atoms with Crippen molar-refractivity contribution >= 4 is 11.8 Å². The van der Waals surface area contributed by atoms with Crippen molar-refractivity contribution in [2.24, 2.45) is 5.84 Å². The Kier molecular flexibility index (Phi) is 4.00. The first-order chi connectivity index (χ1) is 8.18. The van der Waals surface area contributed by atoms with Crippen molar-refractivity contribution in [3.05, 3.63) is 11.8 Å². The Morgan fingerprint density at radius 2 is 1.89 bits per heavy atom. The van der Waals surface area contributed by atoms with Gasteiger partial charge in [-0.25, -0.2) is 10.8 Å². The van der Waals surface area contributed by atoms with Gasteiger partial charge in [-0.2, -0.15) is 18.2 Å². The number of hydrogen-bond donors (Lipinski definition) is 3. The topological polar surface area (TPSA) is 75.9 Å². The zero-order chi connectivity index (χ0) is 14.0. The lowest BCUT2D eigenvalue weighted by Gasteiger charge is -2.25. The van der Waals surface area contributed by atoms with Crippen LogP contribution in [0.25, 0.3) is 0 Å². The summed E-state index contributed by atoms with van der Waals surface area (Å²) < 4.78 is 37.8. The predicted octanol–water partition coefficient (Wildman–Crippen LogP) is 2.38. The minimum absolute atomic E-state index is 0.0807. The number of hydrazine groups is 1. The van der Waals surface area contributed by atoms with E-state index in [0.29, 0.717) is 0 Å². The third kappa shape index (κ3) is 3.73. The first kappa shape index (κ1) is 14.5. The van der Waals surface area contributed by atoms with Gasteiger partial charge in [0.15, 0.2) is 5.69 Å². The van der Waals surface area contributed by atoms with Crippen LogP contribution in [0, 0.1) is 0 Å². The molecule has 0 atom stereocenters. The molecule has 0 aliphatic rings. The highest BCUT2D eigenvalue weighted by molar-refractivity contribution is 5.44. The number of hydrogen-bond acceptors (Lipinski definition) is 5. The van der Waals surface area contributed by atoms with Crippen molar-refractivity contribution in [2.75, 3.05) is 10.7 Å². The monoisotopic (exact) mass is 263 g/mol. The summed E-state index contributed by atoms with van der Waals surface area (Å²) in [5.41, 5.74) is 0.608. The van der Waals surface area contributed by atoms with Gasteiger partial charge in [0.05, 0.1) is 0 Å². The van der Waals surface area contributed by atoms with E-state index in [0.717, 1.165) is 12.5 Å². The van der Waals surface area contributed by atoms with Gasteiger partial charge in [-0.1, -0.05) is 6.92 Å². The summed E-state index contributed by atoms with van der Waals surface area (Å²) in [7, 11) is 0.